The van der Waals surface area contributed by atoms with Gasteiger partial charge in [-0.15, -0.1) is 0 Å². The number of nitrogens with two attached hydrogens (primary N) is 1. The molecule has 1 unspecified atom stereocenters. The molecule has 0 aliphatic heterocycles. The van der Waals surface area contributed by atoms with Crippen LogP contribution in [0, 0.1) is 11.8 Å². The van der Waals surface area contributed by atoms with Crippen molar-refractivity contribution >= 4 is 23.1 Å². The van der Waals surface area contributed by atoms with Crippen LogP contribution in [-0.4, -0.2) is 17.4 Å². The average Bonchev–Trinajstić information content (AvgIpc) is 2.96. The van der Waals surface area contributed by atoms with Gasteiger partial charge >= 0.3 is 0 Å². The van der Waals surface area contributed by atoms with Gasteiger partial charge < -0.3 is 11.1 Å². The number of amides is 1. The Morgan fingerprint density at radius 2 is 2.27 bits per heavy atom. The standard InChI is InChI=1S/C11H20N2OS/c1-2-9(10(12)15)11(14)13-7-3-4-8-5-6-8/h8-9H,2-7H2,1H3,(H2,12,15)(H,13,14). The summed E-state index contributed by atoms with van der Waals surface area (Å²) >= 11 is 4.84. The van der Waals surface area contributed by atoms with Crippen molar-refractivity contribution in [3.05, 3.63) is 0 Å². The predicted molar refractivity (Wildman–Crippen MR) is 65.5 cm³/mol. The Kier molecular flexibility index (Phi) is 5.02. The molecule has 1 fully saturated rings. The first-order chi connectivity index (χ1) is 7.15. The molecular formula is C11H20N2OS. The van der Waals surface area contributed by atoms with Crippen LogP contribution in [0.5, 0.6) is 0 Å². The Balaban J connectivity index is 2.12. The van der Waals surface area contributed by atoms with Crippen LogP contribution in [0.4, 0.5) is 0 Å². The van der Waals surface area contributed by atoms with Crippen molar-refractivity contribution in [2.24, 2.45) is 17.6 Å². The molecule has 1 aliphatic rings. The highest BCUT2D eigenvalue weighted by Crippen LogP contribution is 2.33. The van der Waals surface area contributed by atoms with E-state index in [1.165, 1.54) is 19.3 Å². The molecule has 1 saturated carbocycles. The van der Waals surface area contributed by atoms with E-state index in [0.717, 1.165) is 18.9 Å². The molecule has 86 valence electrons. The first-order valence-corrected chi connectivity index (χ1v) is 6.13. The van der Waals surface area contributed by atoms with E-state index in [9.17, 15) is 4.79 Å². The summed E-state index contributed by atoms with van der Waals surface area (Å²) in [4.78, 5) is 11.9. The second-order valence-electron chi connectivity index (χ2n) is 4.24. The van der Waals surface area contributed by atoms with Crippen molar-refractivity contribution in [3.8, 4) is 0 Å². The molecule has 0 saturated heterocycles. The molecule has 1 amide bonds. The van der Waals surface area contributed by atoms with Crippen LogP contribution >= 0.6 is 12.2 Å². The highest BCUT2D eigenvalue weighted by Gasteiger charge is 2.21. The smallest absolute Gasteiger partial charge is 0.229 e. The molecule has 0 spiro atoms. The van der Waals surface area contributed by atoms with Gasteiger partial charge in [-0.3, -0.25) is 4.79 Å². The Bertz CT molecular complexity index is 239. The molecule has 15 heavy (non-hydrogen) atoms. The van der Waals surface area contributed by atoms with Gasteiger partial charge in [0.25, 0.3) is 0 Å². The SMILES string of the molecule is CCC(C(=O)NCCCC1CC1)C(N)=S. The van der Waals surface area contributed by atoms with Crippen molar-refractivity contribution < 1.29 is 4.79 Å². The lowest BCUT2D eigenvalue weighted by Crippen LogP contribution is -2.37. The van der Waals surface area contributed by atoms with Crippen LogP contribution in [0.3, 0.4) is 0 Å². The van der Waals surface area contributed by atoms with E-state index in [0.29, 0.717) is 11.4 Å². The number of hydrogen-bond acceptors (Lipinski definition) is 2. The van der Waals surface area contributed by atoms with E-state index in [2.05, 4.69) is 5.32 Å². The van der Waals surface area contributed by atoms with E-state index >= 15 is 0 Å². The topological polar surface area (TPSA) is 55.1 Å². The van der Waals surface area contributed by atoms with Gasteiger partial charge in [-0.1, -0.05) is 32.0 Å². The van der Waals surface area contributed by atoms with Gasteiger partial charge in [-0.2, -0.15) is 0 Å². The van der Waals surface area contributed by atoms with Crippen LogP contribution in [0.2, 0.25) is 0 Å². The van der Waals surface area contributed by atoms with E-state index in [1.807, 2.05) is 6.92 Å². The number of thiocarbonyl (C=S) groups is 1. The van der Waals surface area contributed by atoms with Crippen molar-refractivity contribution in [2.75, 3.05) is 6.54 Å². The molecular weight excluding hydrogens is 208 g/mol. The molecule has 0 aromatic carbocycles. The largest absolute Gasteiger partial charge is 0.393 e. The zero-order valence-corrected chi connectivity index (χ0v) is 10.1. The molecule has 0 bridgehead atoms. The third-order valence-corrected chi connectivity index (χ3v) is 3.14. The molecule has 0 radical (unpaired) electrons. The zero-order valence-electron chi connectivity index (χ0n) is 9.29. The molecule has 0 aromatic heterocycles. The van der Waals surface area contributed by atoms with Crippen LogP contribution in [0.15, 0.2) is 0 Å². The number of nitrogens with one attached hydrogen (secondary N) is 1. The zero-order chi connectivity index (χ0) is 11.3. The van der Waals surface area contributed by atoms with Gasteiger partial charge in [0.2, 0.25) is 5.91 Å². The third kappa shape index (κ3) is 4.60. The minimum absolute atomic E-state index is 0.0132. The minimum Gasteiger partial charge on any atom is -0.393 e. The molecule has 1 aliphatic carbocycles. The summed E-state index contributed by atoms with van der Waals surface area (Å²) < 4.78 is 0. The summed E-state index contributed by atoms with van der Waals surface area (Å²) in [7, 11) is 0. The molecule has 3 N–H and O–H groups in total. The number of carbonyl (C=O) groups is 1. The van der Waals surface area contributed by atoms with Crippen LogP contribution < -0.4 is 11.1 Å². The summed E-state index contributed by atoms with van der Waals surface area (Å²) in [5, 5.41) is 2.89. The van der Waals surface area contributed by atoms with Gasteiger partial charge in [0, 0.05) is 6.54 Å². The van der Waals surface area contributed by atoms with E-state index < -0.39 is 0 Å². The van der Waals surface area contributed by atoms with Crippen molar-refractivity contribution in [1.82, 2.24) is 5.32 Å². The van der Waals surface area contributed by atoms with Gasteiger partial charge in [-0.05, 0) is 25.2 Å². The first kappa shape index (κ1) is 12.4. The van der Waals surface area contributed by atoms with Crippen molar-refractivity contribution in [1.29, 1.82) is 0 Å². The summed E-state index contributed by atoms with van der Waals surface area (Å²) in [6, 6.07) is 0. The predicted octanol–water partition coefficient (Wildman–Crippen LogP) is 1.61. The summed E-state index contributed by atoms with van der Waals surface area (Å²) in [6.07, 6.45) is 5.74. The quantitative estimate of drug-likeness (QED) is 0.514. The van der Waals surface area contributed by atoms with Gasteiger partial charge in [0.1, 0.15) is 0 Å². The molecule has 3 nitrogen and oxygen atoms in total. The maximum atomic E-state index is 11.6. The summed E-state index contributed by atoms with van der Waals surface area (Å²) in [5.41, 5.74) is 5.48. The Hall–Kier alpha value is -0.640. The maximum Gasteiger partial charge on any atom is 0.229 e. The van der Waals surface area contributed by atoms with Gasteiger partial charge in [-0.25, -0.2) is 0 Å². The highest BCUT2D eigenvalue weighted by molar-refractivity contribution is 7.80. The lowest BCUT2D eigenvalue weighted by molar-refractivity contribution is -0.123. The minimum atomic E-state index is -0.291. The Morgan fingerprint density at radius 3 is 2.73 bits per heavy atom. The second kappa shape index (κ2) is 6.05. The summed E-state index contributed by atoms with van der Waals surface area (Å²) in [5.74, 6) is 0.626. The Labute approximate surface area is 96.8 Å². The molecule has 0 heterocycles. The summed E-state index contributed by atoms with van der Waals surface area (Å²) in [6.45, 7) is 2.68. The fourth-order valence-electron chi connectivity index (χ4n) is 1.65. The fourth-order valence-corrected chi connectivity index (χ4v) is 1.92. The van der Waals surface area contributed by atoms with Crippen molar-refractivity contribution in [2.45, 2.75) is 39.0 Å². The monoisotopic (exact) mass is 228 g/mol. The Morgan fingerprint density at radius 1 is 1.60 bits per heavy atom. The maximum absolute atomic E-state index is 11.6. The van der Waals surface area contributed by atoms with E-state index in [1.54, 1.807) is 0 Å². The van der Waals surface area contributed by atoms with Gasteiger partial charge in [0.05, 0.1) is 10.9 Å². The average molecular weight is 228 g/mol. The third-order valence-electron chi connectivity index (χ3n) is 2.85. The molecule has 1 atom stereocenters. The fraction of sp³-hybridized carbons (Fsp3) is 0.818. The highest BCUT2D eigenvalue weighted by atomic mass is 32.1. The van der Waals surface area contributed by atoms with E-state index in [-0.39, 0.29) is 11.8 Å². The van der Waals surface area contributed by atoms with Gasteiger partial charge in [0.15, 0.2) is 0 Å². The lowest BCUT2D eigenvalue weighted by atomic mass is 10.1. The van der Waals surface area contributed by atoms with Crippen LogP contribution in [0.25, 0.3) is 0 Å². The molecule has 1 rings (SSSR count). The van der Waals surface area contributed by atoms with Crippen LogP contribution in [-0.2, 0) is 4.79 Å². The number of carbonyl (C=O) groups excluding carboxylic acids is 1. The molecule has 4 heteroatoms. The lowest BCUT2D eigenvalue weighted by Gasteiger charge is -2.13. The number of rotatable bonds is 7. The second-order valence-corrected chi connectivity index (χ2v) is 4.71. The van der Waals surface area contributed by atoms with Crippen molar-refractivity contribution in [3.63, 3.8) is 0 Å². The normalized spacial score (nSPS) is 17.1. The van der Waals surface area contributed by atoms with Crippen LogP contribution in [0.1, 0.15) is 39.0 Å². The number of hydrogen-bond donors (Lipinski definition) is 2. The molecule has 0 aromatic rings. The van der Waals surface area contributed by atoms with E-state index in [4.69, 9.17) is 18.0 Å². The first-order valence-electron chi connectivity index (χ1n) is 5.72.